The van der Waals surface area contributed by atoms with Gasteiger partial charge in [0.15, 0.2) is 0 Å². The first kappa shape index (κ1) is 16.7. The van der Waals surface area contributed by atoms with Gasteiger partial charge in [0.05, 0.1) is 5.69 Å². The number of phenolic OH excluding ortho intramolecular Hbond substituents is 1. The Morgan fingerprint density at radius 1 is 1.04 bits per heavy atom. The maximum Gasteiger partial charge on any atom is 0.295 e. The minimum Gasteiger partial charge on any atom is -0.505 e. The molecule has 3 aromatic rings. The molecule has 0 aromatic heterocycles. The van der Waals surface area contributed by atoms with Gasteiger partial charge in [-0.15, -0.1) is 0 Å². The van der Waals surface area contributed by atoms with Crippen LogP contribution in [0.1, 0.15) is 10.4 Å². The molecule has 0 unspecified atom stereocenters. The van der Waals surface area contributed by atoms with Crippen molar-refractivity contribution in [2.24, 2.45) is 0 Å². The summed E-state index contributed by atoms with van der Waals surface area (Å²) >= 11 is 0. The average molecular weight is 358 g/mol. The first-order valence-corrected chi connectivity index (χ1v) is 8.60. The monoisotopic (exact) mass is 358 g/mol. The fraction of sp³-hybridized carbons (Fsp3) is 0. The highest BCUT2D eigenvalue weighted by Crippen LogP contribution is 2.37. The number of fused-ring (bicyclic) bond motifs is 1. The summed E-state index contributed by atoms with van der Waals surface area (Å²) < 4.78 is 32.4. The molecule has 1 amide bonds. The zero-order valence-electron chi connectivity index (χ0n) is 12.8. The van der Waals surface area contributed by atoms with Gasteiger partial charge >= 0.3 is 0 Å². The summed E-state index contributed by atoms with van der Waals surface area (Å²) in [7, 11) is -4.54. The molecule has 25 heavy (non-hydrogen) atoms. The number of hydrogen-bond acceptors (Lipinski definition) is 5. The quantitative estimate of drug-likeness (QED) is 0.323. The van der Waals surface area contributed by atoms with Gasteiger partial charge in [-0.1, -0.05) is 24.3 Å². The van der Waals surface area contributed by atoms with E-state index in [0.717, 1.165) is 0 Å². The number of nitrogens with two attached hydrogens (primary N) is 1. The number of carbonyl (C=O) groups excluding carboxylic acids is 1. The molecule has 5 N–H and O–H groups in total. The van der Waals surface area contributed by atoms with Crippen molar-refractivity contribution in [3.63, 3.8) is 0 Å². The molecule has 0 atom stereocenters. The van der Waals surface area contributed by atoms with E-state index in [2.05, 4.69) is 5.32 Å². The van der Waals surface area contributed by atoms with Crippen LogP contribution in [0.4, 0.5) is 11.4 Å². The lowest BCUT2D eigenvalue weighted by molar-refractivity contribution is 0.102. The number of rotatable bonds is 3. The topological polar surface area (TPSA) is 130 Å². The number of anilines is 2. The standard InChI is InChI=1S/C17H14N2O5S/c18-12-5-1-4-11(9-12)17(21)19-13-8-7-10-3-2-6-14(25(22,23)24)15(10)16(13)20/h1-9,20H,18H2,(H,19,21)(H,22,23,24). The summed E-state index contributed by atoms with van der Waals surface area (Å²) in [5.41, 5.74) is 6.33. The molecule has 128 valence electrons. The van der Waals surface area contributed by atoms with Gasteiger partial charge < -0.3 is 16.2 Å². The fourth-order valence-electron chi connectivity index (χ4n) is 2.52. The molecule has 3 aromatic carbocycles. The maximum atomic E-state index is 12.3. The molecule has 0 aliphatic rings. The minimum absolute atomic E-state index is 0.0102. The van der Waals surface area contributed by atoms with E-state index in [4.69, 9.17) is 5.73 Å². The summed E-state index contributed by atoms with van der Waals surface area (Å²) in [6, 6.07) is 13.4. The van der Waals surface area contributed by atoms with E-state index in [1.54, 1.807) is 24.3 Å². The Bertz CT molecular complexity index is 1090. The largest absolute Gasteiger partial charge is 0.505 e. The summed E-state index contributed by atoms with van der Waals surface area (Å²) in [6.45, 7) is 0. The van der Waals surface area contributed by atoms with Gasteiger partial charge in [0, 0.05) is 16.6 Å². The van der Waals surface area contributed by atoms with E-state index < -0.39 is 26.7 Å². The zero-order chi connectivity index (χ0) is 18.2. The first-order chi connectivity index (χ1) is 11.8. The molecule has 0 bridgehead atoms. The smallest absolute Gasteiger partial charge is 0.295 e. The first-order valence-electron chi connectivity index (χ1n) is 7.16. The van der Waals surface area contributed by atoms with E-state index >= 15 is 0 Å². The molecule has 0 saturated carbocycles. The number of nitrogen functional groups attached to an aromatic ring is 1. The van der Waals surface area contributed by atoms with Crippen molar-refractivity contribution >= 4 is 38.2 Å². The Hall–Kier alpha value is -3.10. The summed E-state index contributed by atoms with van der Waals surface area (Å²) in [6.07, 6.45) is 0. The number of nitrogens with one attached hydrogen (secondary N) is 1. The maximum absolute atomic E-state index is 12.3. The lowest BCUT2D eigenvalue weighted by atomic mass is 10.1. The van der Waals surface area contributed by atoms with Gasteiger partial charge in [-0.2, -0.15) is 8.42 Å². The lowest BCUT2D eigenvalue weighted by Crippen LogP contribution is -2.12. The van der Waals surface area contributed by atoms with Crippen molar-refractivity contribution in [3.05, 3.63) is 60.2 Å². The van der Waals surface area contributed by atoms with Gasteiger partial charge in [0.25, 0.3) is 16.0 Å². The van der Waals surface area contributed by atoms with Crippen LogP contribution in [-0.4, -0.2) is 24.0 Å². The van der Waals surface area contributed by atoms with Crippen molar-refractivity contribution in [3.8, 4) is 5.75 Å². The third kappa shape index (κ3) is 3.25. The van der Waals surface area contributed by atoms with Gasteiger partial charge in [-0.25, -0.2) is 0 Å². The van der Waals surface area contributed by atoms with Crippen molar-refractivity contribution in [2.45, 2.75) is 4.90 Å². The third-order valence-electron chi connectivity index (χ3n) is 3.65. The predicted molar refractivity (Wildman–Crippen MR) is 94.2 cm³/mol. The van der Waals surface area contributed by atoms with Gasteiger partial charge in [-0.3, -0.25) is 9.35 Å². The molecule has 0 heterocycles. The number of hydrogen-bond donors (Lipinski definition) is 4. The second-order valence-corrected chi connectivity index (χ2v) is 6.76. The van der Waals surface area contributed by atoms with Crippen molar-refractivity contribution in [1.29, 1.82) is 0 Å². The van der Waals surface area contributed by atoms with Crippen LogP contribution in [0.25, 0.3) is 10.8 Å². The number of aromatic hydroxyl groups is 1. The van der Waals surface area contributed by atoms with Gasteiger partial charge in [0.2, 0.25) is 0 Å². The zero-order valence-corrected chi connectivity index (χ0v) is 13.6. The Morgan fingerprint density at radius 3 is 2.44 bits per heavy atom. The second kappa shape index (κ2) is 6.08. The van der Waals surface area contributed by atoms with E-state index in [9.17, 15) is 22.9 Å². The van der Waals surface area contributed by atoms with Gasteiger partial charge in [0.1, 0.15) is 10.6 Å². The van der Waals surface area contributed by atoms with Crippen LogP contribution in [0.15, 0.2) is 59.5 Å². The van der Waals surface area contributed by atoms with Crippen LogP contribution in [0.3, 0.4) is 0 Å². The van der Waals surface area contributed by atoms with E-state index in [-0.39, 0.29) is 16.6 Å². The fourth-order valence-corrected chi connectivity index (χ4v) is 3.24. The number of phenols is 1. The molecule has 0 saturated heterocycles. The Balaban J connectivity index is 2.09. The van der Waals surface area contributed by atoms with Gasteiger partial charge in [-0.05, 0) is 35.7 Å². The highest BCUT2D eigenvalue weighted by atomic mass is 32.2. The molecular formula is C17H14N2O5S. The van der Waals surface area contributed by atoms with E-state index in [1.165, 1.54) is 30.3 Å². The molecule has 0 spiro atoms. The van der Waals surface area contributed by atoms with Crippen LogP contribution in [0.5, 0.6) is 5.75 Å². The van der Waals surface area contributed by atoms with Crippen LogP contribution in [-0.2, 0) is 10.1 Å². The number of carbonyl (C=O) groups is 1. The molecule has 0 aliphatic heterocycles. The number of benzene rings is 3. The Kier molecular flexibility index (Phi) is 4.07. The van der Waals surface area contributed by atoms with Crippen molar-refractivity contribution in [2.75, 3.05) is 11.1 Å². The minimum atomic E-state index is -4.54. The predicted octanol–water partition coefficient (Wildman–Crippen LogP) is 2.63. The summed E-state index contributed by atoms with van der Waals surface area (Å²) in [5.74, 6) is -0.978. The lowest BCUT2D eigenvalue weighted by Gasteiger charge is -2.12. The average Bonchev–Trinajstić information content (AvgIpc) is 2.56. The molecule has 8 heteroatoms. The molecule has 0 fully saturated rings. The van der Waals surface area contributed by atoms with Crippen LogP contribution >= 0.6 is 0 Å². The molecular weight excluding hydrogens is 344 g/mol. The normalized spacial score (nSPS) is 11.4. The van der Waals surface area contributed by atoms with Crippen LogP contribution in [0.2, 0.25) is 0 Å². The van der Waals surface area contributed by atoms with Crippen molar-refractivity contribution in [1.82, 2.24) is 0 Å². The van der Waals surface area contributed by atoms with Crippen LogP contribution < -0.4 is 11.1 Å². The molecule has 0 aliphatic carbocycles. The van der Waals surface area contributed by atoms with Crippen molar-refractivity contribution < 1.29 is 22.9 Å². The second-order valence-electron chi connectivity index (χ2n) is 5.37. The summed E-state index contributed by atoms with van der Waals surface area (Å²) in [4.78, 5) is 11.8. The molecule has 3 rings (SSSR count). The summed E-state index contributed by atoms with van der Waals surface area (Å²) in [5, 5.41) is 13.3. The van der Waals surface area contributed by atoms with E-state index in [0.29, 0.717) is 11.1 Å². The SMILES string of the molecule is Nc1cccc(C(=O)Nc2ccc3cccc(S(=O)(=O)O)c3c2O)c1. The Morgan fingerprint density at radius 2 is 1.76 bits per heavy atom. The number of amides is 1. The molecule has 0 radical (unpaired) electrons. The highest BCUT2D eigenvalue weighted by molar-refractivity contribution is 7.86. The van der Waals surface area contributed by atoms with E-state index in [1.807, 2.05) is 0 Å². The third-order valence-corrected chi connectivity index (χ3v) is 4.55. The molecule has 7 nitrogen and oxygen atoms in total. The Labute approximate surface area is 143 Å². The highest BCUT2D eigenvalue weighted by Gasteiger charge is 2.19. The van der Waals surface area contributed by atoms with Crippen LogP contribution in [0, 0.1) is 0 Å².